The minimum absolute atomic E-state index is 0.118. The number of hydrogen-bond donors (Lipinski definition) is 1. The van der Waals surface area contributed by atoms with Gasteiger partial charge in [-0.15, -0.1) is 0 Å². The first-order valence-electron chi connectivity index (χ1n) is 8.38. The SMILES string of the molecule is O=C(O)Cc1cccc(Oc2ccc(Br)cc2CS(=O)(=O)c2ccccc2)c1. The molecule has 1 N–H and O–H groups in total. The van der Waals surface area contributed by atoms with Gasteiger partial charge >= 0.3 is 5.97 Å². The van der Waals surface area contributed by atoms with Crippen LogP contribution in [0.3, 0.4) is 0 Å². The first kappa shape index (κ1) is 20.1. The lowest BCUT2D eigenvalue weighted by molar-refractivity contribution is -0.136. The van der Waals surface area contributed by atoms with Crippen molar-refractivity contribution in [3.05, 3.63) is 88.4 Å². The highest BCUT2D eigenvalue weighted by atomic mass is 79.9. The Morgan fingerprint density at radius 3 is 2.43 bits per heavy atom. The van der Waals surface area contributed by atoms with Gasteiger partial charge in [0, 0.05) is 10.0 Å². The van der Waals surface area contributed by atoms with Crippen LogP contribution in [0.4, 0.5) is 0 Å². The second-order valence-corrected chi connectivity index (χ2v) is 9.05. The van der Waals surface area contributed by atoms with E-state index in [1.165, 1.54) is 0 Å². The van der Waals surface area contributed by atoms with E-state index in [1.54, 1.807) is 72.8 Å². The Morgan fingerprint density at radius 2 is 1.71 bits per heavy atom. The van der Waals surface area contributed by atoms with E-state index in [4.69, 9.17) is 9.84 Å². The summed E-state index contributed by atoms with van der Waals surface area (Å²) in [5.41, 5.74) is 1.10. The number of carboxylic acids is 1. The van der Waals surface area contributed by atoms with E-state index in [2.05, 4.69) is 15.9 Å². The van der Waals surface area contributed by atoms with Crippen molar-refractivity contribution in [3.8, 4) is 11.5 Å². The zero-order valence-corrected chi connectivity index (χ0v) is 17.1. The molecular formula is C21H17BrO5S. The predicted molar refractivity (Wildman–Crippen MR) is 109 cm³/mol. The predicted octanol–water partition coefficient (Wildman–Crippen LogP) is 4.84. The molecule has 28 heavy (non-hydrogen) atoms. The van der Waals surface area contributed by atoms with E-state index in [1.807, 2.05) is 0 Å². The molecule has 0 saturated heterocycles. The molecule has 7 heteroatoms. The Labute approximate surface area is 171 Å². The summed E-state index contributed by atoms with van der Waals surface area (Å²) in [6, 6.07) is 20.1. The molecular weight excluding hydrogens is 444 g/mol. The maximum Gasteiger partial charge on any atom is 0.307 e. The number of rotatable bonds is 7. The zero-order valence-electron chi connectivity index (χ0n) is 14.7. The molecule has 0 heterocycles. The van der Waals surface area contributed by atoms with Gasteiger partial charge < -0.3 is 9.84 Å². The quantitative estimate of drug-likeness (QED) is 0.545. The summed E-state index contributed by atoms with van der Waals surface area (Å²) >= 11 is 3.37. The Balaban J connectivity index is 1.91. The van der Waals surface area contributed by atoms with Gasteiger partial charge in [-0.1, -0.05) is 46.3 Å². The van der Waals surface area contributed by atoms with Crippen LogP contribution in [0.15, 0.2) is 82.2 Å². The number of ether oxygens (including phenoxy) is 1. The largest absolute Gasteiger partial charge is 0.481 e. The molecule has 3 aromatic rings. The van der Waals surface area contributed by atoms with E-state index in [0.29, 0.717) is 22.6 Å². The monoisotopic (exact) mass is 460 g/mol. The molecule has 0 bridgehead atoms. The van der Waals surface area contributed by atoms with E-state index >= 15 is 0 Å². The minimum atomic E-state index is -3.55. The van der Waals surface area contributed by atoms with Gasteiger partial charge in [-0.25, -0.2) is 8.42 Å². The van der Waals surface area contributed by atoms with Gasteiger partial charge in [0.1, 0.15) is 11.5 Å². The first-order valence-corrected chi connectivity index (χ1v) is 10.8. The van der Waals surface area contributed by atoms with Crippen molar-refractivity contribution in [2.45, 2.75) is 17.1 Å². The zero-order chi connectivity index (χ0) is 20.1. The van der Waals surface area contributed by atoms with E-state index in [9.17, 15) is 13.2 Å². The number of sulfone groups is 1. The maximum atomic E-state index is 12.8. The highest BCUT2D eigenvalue weighted by Gasteiger charge is 2.18. The number of carboxylic acid groups (broad SMARTS) is 1. The van der Waals surface area contributed by atoms with Crippen LogP contribution >= 0.6 is 15.9 Å². The van der Waals surface area contributed by atoms with Crippen molar-refractivity contribution in [2.75, 3.05) is 0 Å². The Kier molecular flexibility index (Phi) is 6.16. The molecule has 0 radical (unpaired) electrons. The van der Waals surface area contributed by atoms with Crippen molar-refractivity contribution in [3.63, 3.8) is 0 Å². The number of aliphatic carboxylic acids is 1. The molecule has 0 atom stereocenters. The highest BCUT2D eigenvalue weighted by Crippen LogP contribution is 2.31. The summed E-state index contributed by atoms with van der Waals surface area (Å²) in [7, 11) is -3.55. The van der Waals surface area contributed by atoms with Crippen LogP contribution < -0.4 is 4.74 Å². The van der Waals surface area contributed by atoms with Gasteiger partial charge in [0.25, 0.3) is 0 Å². The van der Waals surface area contributed by atoms with Crippen LogP contribution in [0.5, 0.6) is 11.5 Å². The fourth-order valence-electron chi connectivity index (χ4n) is 2.70. The molecule has 0 aliphatic carbocycles. The summed E-state index contributed by atoms with van der Waals surface area (Å²) in [6.07, 6.45) is -0.118. The summed E-state index contributed by atoms with van der Waals surface area (Å²) in [5, 5.41) is 8.95. The van der Waals surface area contributed by atoms with Crippen molar-refractivity contribution in [1.82, 2.24) is 0 Å². The van der Waals surface area contributed by atoms with Crippen LogP contribution in [0.1, 0.15) is 11.1 Å². The Bertz CT molecular complexity index is 1090. The van der Waals surface area contributed by atoms with E-state index in [-0.39, 0.29) is 17.1 Å². The van der Waals surface area contributed by atoms with E-state index in [0.717, 1.165) is 4.47 Å². The third kappa shape index (κ3) is 5.21. The maximum absolute atomic E-state index is 12.8. The average Bonchev–Trinajstić information content (AvgIpc) is 2.64. The topological polar surface area (TPSA) is 80.7 Å². The molecule has 3 rings (SSSR count). The molecule has 0 unspecified atom stereocenters. The third-order valence-electron chi connectivity index (χ3n) is 3.95. The standard InChI is InChI=1S/C21H17BrO5S/c22-17-9-10-20(27-18-6-4-5-15(11-18)12-21(23)24)16(13-17)14-28(25,26)19-7-2-1-3-8-19/h1-11,13H,12,14H2,(H,23,24). The second kappa shape index (κ2) is 8.58. The summed E-state index contributed by atoms with van der Waals surface area (Å²) in [5.74, 6) is -0.314. The molecule has 3 aromatic carbocycles. The van der Waals surface area contributed by atoms with E-state index < -0.39 is 15.8 Å². The lowest BCUT2D eigenvalue weighted by Crippen LogP contribution is -2.06. The van der Waals surface area contributed by atoms with Crippen molar-refractivity contribution < 1.29 is 23.1 Å². The normalized spacial score (nSPS) is 11.2. The molecule has 5 nitrogen and oxygen atoms in total. The van der Waals surface area contributed by atoms with Crippen LogP contribution in [-0.2, 0) is 26.8 Å². The van der Waals surface area contributed by atoms with Crippen molar-refractivity contribution in [2.24, 2.45) is 0 Å². The fraction of sp³-hybridized carbons (Fsp3) is 0.0952. The van der Waals surface area contributed by atoms with Gasteiger partial charge in [-0.05, 0) is 48.0 Å². The molecule has 0 saturated carbocycles. The lowest BCUT2D eigenvalue weighted by atomic mass is 10.1. The summed E-state index contributed by atoms with van der Waals surface area (Å²) < 4.78 is 32.1. The minimum Gasteiger partial charge on any atom is -0.481 e. The summed E-state index contributed by atoms with van der Waals surface area (Å²) in [4.78, 5) is 11.1. The first-order chi connectivity index (χ1) is 13.3. The number of hydrogen-bond acceptors (Lipinski definition) is 4. The number of carbonyl (C=O) groups is 1. The van der Waals surface area contributed by atoms with Crippen LogP contribution in [0, 0.1) is 0 Å². The van der Waals surface area contributed by atoms with Crippen LogP contribution in [0.25, 0.3) is 0 Å². The molecule has 0 aliphatic rings. The van der Waals surface area contributed by atoms with Gasteiger partial charge in [0.2, 0.25) is 0 Å². The molecule has 0 spiro atoms. The third-order valence-corrected chi connectivity index (χ3v) is 6.13. The average molecular weight is 461 g/mol. The smallest absolute Gasteiger partial charge is 0.307 e. The molecule has 0 aliphatic heterocycles. The molecule has 144 valence electrons. The van der Waals surface area contributed by atoms with Gasteiger partial charge in [-0.2, -0.15) is 0 Å². The number of halogens is 1. The van der Waals surface area contributed by atoms with Gasteiger partial charge in [0.15, 0.2) is 9.84 Å². The fourth-order valence-corrected chi connectivity index (χ4v) is 4.48. The molecule has 0 fully saturated rings. The van der Waals surface area contributed by atoms with Crippen LogP contribution in [0.2, 0.25) is 0 Å². The van der Waals surface area contributed by atoms with Crippen LogP contribution in [-0.4, -0.2) is 19.5 Å². The molecule has 0 aromatic heterocycles. The highest BCUT2D eigenvalue weighted by molar-refractivity contribution is 9.10. The second-order valence-electron chi connectivity index (χ2n) is 6.14. The van der Waals surface area contributed by atoms with Crippen molar-refractivity contribution in [1.29, 1.82) is 0 Å². The summed E-state index contributed by atoms with van der Waals surface area (Å²) in [6.45, 7) is 0. The Hall–Kier alpha value is -2.64. The van der Waals surface area contributed by atoms with Gasteiger partial charge in [0.05, 0.1) is 17.1 Å². The number of benzene rings is 3. The van der Waals surface area contributed by atoms with Crippen molar-refractivity contribution >= 4 is 31.7 Å². The molecule has 0 amide bonds. The Morgan fingerprint density at radius 1 is 0.964 bits per heavy atom. The van der Waals surface area contributed by atoms with Gasteiger partial charge in [-0.3, -0.25) is 4.79 Å². The lowest BCUT2D eigenvalue weighted by Gasteiger charge is -2.13.